The van der Waals surface area contributed by atoms with Crippen molar-refractivity contribution in [3.63, 3.8) is 0 Å². The fraction of sp³-hybridized carbons (Fsp3) is 0.350. The molecule has 0 unspecified atom stereocenters. The van der Waals surface area contributed by atoms with Crippen LogP contribution in [0, 0.1) is 0 Å². The molecule has 3 aromatic rings. The van der Waals surface area contributed by atoms with Crippen LogP contribution in [0.5, 0.6) is 0 Å². The lowest BCUT2D eigenvalue weighted by Gasteiger charge is -2.28. The van der Waals surface area contributed by atoms with Gasteiger partial charge in [0.05, 0.1) is 5.02 Å². The number of hydrogen-bond donors (Lipinski definition) is 1. The van der Waals surface area contributed by atoms with E-state index in [9.17, 15) is 0 Å². The molecule has 134 valence electrons. The van der Waals surface area contributed by atoms with Crippen LogP contribution in [-0.4, -0.2) is 41.4 Å². The second kappa shape index (κ2) is 7.17. The fourth-order valence-electron chi connectivity index (χ4n) is 3.50. The van der Waals surface area contributed by atoms with Crippen LogP contribution in [0.4, 0.5) is 5.82 Å². The van der Waals surface area contributed by atoms with Gasteiger partial charge >= 0.3 is 0 Å². The first-order chi connectivity index (χ1) is 12.6. The Hall–Kier alpha value is -2.24. The number of hydrogen-bond acceptors (Lipinski definition) is 5. The van der Waals surface area contributed by atoms with Gasteiger partial charge in [0, 0.05) is 43.3 Å². The first kappa shape index (κ1) is 17.2. The van der Waals surface area contributed by atoms with Gasteiger partial charge in [0.15, 0.2) is 5.82 Å². The molecule has 1 aliphatic heterocycles. The lowest BCUT2D eigenvalue weighted by atomic mass is 9.94. The summed E-state index contributed by atoms with van der Waals surface area (Å²) in [6, 6.07) is 10.3. The molecule has 0 amide bonds. The quantitative estimate of drug-likeness (QED) is 0.761. The number of nitrogens with zero attached hydrogens (tertiary/aromatic N) is 4. The summed E-state index contributed by atoms with van der Waals surface area (Å²) >= 11 is 6.28. The van der Waals surface area contributed by atoms with Gasteiger partial charge in [-0.2, -0.15) is 0 Å². The average molecular weight is 368 g/mol. The molecule has 1 fully saturated rings. The Balaban J connectivity index is 1.93. The third kappa shape index (κ3) is 3.13. The molecule has 1 saturated heterocycles. The monoisotopic (exact) mass is 367 g/mol. The summed E-state index contributed by atoms with van der Waals surface area (Å²) in [5, 5.41) is 14.1. The van der Waals surface area contributed by atoms with Gasteiger partial charge in [0.2, 0.25) is 0 Å². The van der Waals surface area contributed by atoms with Crippen molar-refractivity contribution < 1.29 is 0 Å². The highest BCUT2D eigenvalue weighted by Crippen LogP contribution is 2.35. The maximum absolute atomic E-state index is 6.28. The van der Waals surface area contributed by atoms with Gasteiger partial charge in [-0.05, 0) is 17.5 Å². The Morgan fingerprint density at radius 1 is 1.12 bits per heavy atom. The number of aromatic nitrogens is 3. The van der Waals surface area contributed by atoms with Crippen LogP contribution in [0.2, 0.25) is 5.02 Å². The van der Waals surface area contributed by atoms with E-state index in [1.807, 2.05) is 12.1 Å². The van der Waals surface area contributed by atoms with E-state index in [0.717, 1.165) is 54.2 Å². The van der Waals surface area contributed by atoms with Crippen molar-refractivity contribution in [1.29, 1.82) is 0 Å². The van der Waals surface area contributed by atoms with Gasteiger partial charge < -0.3 is 10.2 Å². The van der Waals surface area contributed by atoms with Gasteiger partial charge in [-0.15, -0.1) is 10.2 Å². The van der Waals surface area contributed by atoms with E-state index < -0.39 is 0 Å². The summed E-state index contributed by atoms with van der Waals surface area (Å²) in [5.74, 6) is 1.23. The van der Waals surface area contributed by atoms with Crippen molar-refractivity contribution in [3.05, 3.63) is 47.1 Å². The first-order valence-electron chi connectivity index (χ1n) is 9.02. The zero-order valence-corrected chi connectivity index (χ0v) is 15.8. The molecular weight excluding hydrogens is 346 g/mol. The number of fused-ring (bicyclic) bond motifs is 1. The second-order valence-electron chi connectivity index (χ2n) is 6.90. The molecule has 1 aromatic carbocycles. The highest BCUT2D eigenvalue weighted by atomic mass is 35.5. The Bertz CT molecular complexity index is 935. The highest BCUT2D eigenvalue weighted by Gasteiger charge is 2.20. The molecule has 0 radical (unpaired) electrons. The van der Waals surface area contributed by atoms with E-state index in [-0.39, 0.29) is 0 Å². The minimum atomic E-state index is 0.392. The summed E-state index contributed by atoms with van der Waals surface area (Å²) in [7, 11) is 0. The summed E-state index contributed by atoms with van der Waals surface area (Å²) in [5.41, 5.74) is 4.05. The lowest BCUT2D eigenvalue weighted by molar-refractivity contribution is 0.584. The molecule has 0 bridgehead atoms. The number of benzene rings is 1. The molecule has 0 aliphatic carbocycles. The van der Waals surface area contributed by atoms with Crippen molar-refractivity contribution in [3.8, 4) is 11.3 Å². The number of halogens is 1. The number of pyridine rings is 1. The maximum atomic E-state index is 6.28. The minimum absolute atomic E-state index is 0.392. The van der Waals surface area contributed by atoms with Gasteiger partial charge in [-0.1, -0.05) is 49.7 Å². The van der Waals surface area contributed by atoms with Crippen molar-refractivity contribution >= 4 is 28.3 Å². The molecule has 6 heteroatoms. The Morgan fingerprint density at radius 3 is 2.65 bits per heavy atom. The Labute approximate surface area is 158 Å². The molecule has 0 atom stereocenters. The second-order valence-corrected chi connectivity index (χ2v) is 7.34. The van der Waals surface area contributed by atoms with E-state index in [0.29, 0.717) is 10.9 Å². The predicted molar refractivity (Wildman–Crippen MR) is 107 cm³/mol. The van der Waals surface area contributed by atoms with Gasteiger partial charge in [-0.3, -0.25) is 4.98 Å². The van der Waals surface area contributed by atoms with Crippen molar-refractivity contribution in [1.82, 2.24) is 20.5 Å². The topological polar surface area (TPSA) is 53.9 Å². The van der Waals surface area contributed by atoms with Crippen LogP contribution >= 0.6 is 11.6 Å². The zero-order chi connectivity index (χ0) is 18.1. The molecular formula is C20H22ClN5. The summed E-state index contributed by atoms with van der Waals surface area (Å²) in [6.45, 7) is 8.05. The summed E-state index contributed by atoms with van der Waals surface area (Å²) < 4.78 is 0. The van der Waals surface area contributed by atoms with E-state index in [2.05, 4.69) is 57.4 Å². The Kier molecular flexibility index (Phi) is 4.74. The molecule has 0 spiro atoms. The predicted octanol–water partition coefficient (Wildman–Crippen LogP) is 3.88. The fourth-order valence-corrected chi connectivity index (χ4v) is 3.66. The molecule has 0 saturated carbocycles. The molecule has 4 rings (SSSR count). The molecule has 5 nitrogen and oxygen atoms in total. The van der Waals surface area contributed by atoms with Crippen LogP contribution in [0.15, 0.2) is 36.5 Å². The number of anilines is 1. The molecule has 1 aliphatic rings. The van der Waals surface area contributed by atoms with Crippen LogP contribution in [0.1, 0.15) is 25.3 Å². The maximum Gasteiger partial charge on any atom is 0.177 e. The Morgan fingerprint density at radius 2 is 1.88 bits per heavy atom. The van der Waals surface area contributed by atoms with Gasteiger partial charge in [0.1, 0.15) is 11.2 Å². The number of rotatable bonds is 3. The molecule has 1 N–H and O–H groups in total. The molecule has 3 heterocycles. The van der Waals surface area contributed by atoms with Crippen molar-refractivity contribution in [2.45, 2.75) is 19.8 Å². The minimum Gasteiger partial charge on any atom is -0.351 e. The first-order valence-corrected chi connectivity index (χ1v) is 9.40. The molecule has 26 heavy (non-hydrogen) atoms. The third-order valence-electron chi connectivity index (χ3n) is 4.82. The van der Waals surface area contributed by atoms with Gasteiger partial charge in [0.25, 0.3) is 0 Å². The highest BCUT2D eigenvalue weighted by molar-refractivity contribution is 6.31. The average Bonchev–Trinajstić information content (AvgIpc) is 2.67. The standard InChI is InChI=1S/C20H22ClN5/c1-13(2)15-5-3-4-6-16(15)18-17-11-14(21)12-23-19(17)20(25-24-18)26-9-7-22-8-10-26/h3-6,11-13,22H,7-10H2,1-2H3. The van der Waals surface area contributed by atoms with E-state index in [4.69, 9.17) is 11.6 Å². The normalized spacial score (nSPS) is 15.0. The third-order valence-corrected chi connectivity index (χ3v) is 5.03. The zero-order valence-electron chi connectivity index (χ0n) is 15.0. The van der Waals surface area contributed by atoms with Gasteiger partial charge in [-0.25, -0.2) is 0 Å². The largest absolute Gasteiger partial charge is 0.351 e. The summed E-state index contributed by atoms with van der Waals surface area (Å²) in [6.07, 6.45) is 1.69. The van der Waals surface area contributed by atoms with Crippen LogP contribution in [-0.2, 0) is 0 Å². The van der Waals surface area contributed by atoms with E-state index in [1.165, 1.54) is 5.56 Å². The van der Waals surface area contributed by atoms with Crippen LogP contribution in [0.3, 0.4) is 0 Å². The SMILES string of the molecule is CC(C)c1ccccc1-c1nnc(N2CCNCC2)c2ncc(Cl)cc12. The van der Waals surface area contributed by atoms with Crippen LogP contribution in [0.25, 0.3) is 22.2 Å². The smallest absolute Gasteiger partial charge is 0.177 e. The molecule has 2 aromatic heterocycles. The number of nitrogens with one attached hydrogen (secondary N) is 1. The van der Waals surface area contributed by atoms with E-state index >= 15 is 0 Å². The summed E-state index contributed by atoms with van der Waals surface area (Å²) in [4.78, 5) is 6.86. The number of piperazine rings is 1. The lowest BCUT2D eigenvalue weighted by Crippen LogP contribution is -2.44. The van der Waals surface area contributed by atoms with E-state index in [1.54, 1.807) is 6.20 Å². The van der Waals surface area contributed by atoms with Crippen LogP contribution < -0.4 is 10.2 Å². The van der Waals surface area contributed by atoms with Crippen molar-refractivity contribution in [2.75, 3.05) is 31.1 Å². The van der Waals surface area contributed by atoms with Crippen molar-refractivity contribution in [2.24, 2.45) is 0 Å².